The largest absolute Gasteiger partial charge is 0.301 e. The zero-order chi connectivity index (χ0) is 14.8. The third-order valence-corrected chi connectivity index (χ3v) is 4.13. The predicted molar refractivity (Wildman–Crippen MR) is 86.9 cm³/mol. The van der Waals surface area contributed by atoms with Crippen LogP contribution in [0.3, 0.4) is 0 Å². The van der Waals surface area contributed by atoms with Crippen LogP contribution in [0.1, 0.15) is 48.5 Å². The summed E-state index contributed by atoms with van der Waals surface area (Å²) in [6.45, 7) is 24.2. The summed E-state index contributed by atoms with van der Waals surface area (Å²) in [6, 6.07) is 1.32. The normalized spacial score (nSPS) is 12.6. The second-order valence-electron chi connectivity index (χ2n) is 5.88. The molecule has 0 aromatic rings. The molecule has 0 unspecified atom stereocenters. The Kier molecular flexibility index (Phi) is 10.6. The van der Waals surface area contributed by atoms with E-state index in [1.165, 1.54) is 26.2 Å². The van der Waals surface area contributed by atoms with Gasteiger partial charge in [-0.2, -0.15) is 0 Å². The van der Waals surface area contributed by atoms with E-state index in [0.29, 0.717) is 12.1 Å². The first-order valence-corrected chi connectivity index (χ1v) is 8.16. The average molecular weight is 271 g/mol. The van der Waals surface area contributed by atoms with Crippen molar-refractivity contribution in [1.82, 2.24) is 14.7 Å². The summed E-state index contributed by atoms with van der Waals surface area (Å²) in [4.78, 5) is 7.67. The molecule has 3 heteroatoms. The lowest BCUT2D eigenvalue weighted by Gasteiger charge is -2.31. The highest BCUT2D eigenvalue weighted by Crippen LogP contribution is 2.01. The van der Waals surface area contributed by atoms with Crippen LogP contribution in [0.15, 0.2) is 0 Å². The van der Waals surface area contributed by atoms with E-state index in [4.69, 9.17) is 0 Å². The van der Waals surface area contributed by atoms with Crippen LogP contribution >= 0.6 is 0 Å². The molecular formula is C16H37N3. The minimum atomic E-state index is 0.659. The van der Waals surface area contributed by atoms with Crippen LogP contribution in [0, 0.1) is 0 Å². The summed E-state index contributed by atoms with van der Waals surface area (Å²) in [5.74, 6) is 0. The monoisotopic (exact) mass is 271 g/mol. The Hall–Kier alpha value is -0.120. The van der Waals surface area contributed by atoms with Crippen molar-refractivity contribution >= 4 is 0 Å². The Morgan fingerprint density at radius 1 is 0.579 bits per heavy atom. The molecule has 0 aromatic carbocycles. The zero-order valence-electron chi connectivity index (χ0n) is 14.4. The standard InChI is InChI=1S/C16H37N3/c1-8-17(11-13-18(9-2)15(4)5)12-14-19(10-3)16(6)7/h15-16H,8-14H2,1-7H3. The van der Waals surface area contributed by atoms with E-state index in [0.717, 1.165) is 19.6 Å². The summed E-state index contributed by atoms with van der Waals surface area (Å²) >= 11 is 0. The first-order valence-electron chi connectivity index (χ1n) is 8.16. The zero-order valence-corrected chi connectivity index (χ0v) is 14.4. The van der Waals surface area contributed by atoms with Gasteiger partial charge in [-0.15, -0.1) is 0 Å². The summed E-state index contributed by atoms with van der Waals surface area (Å²) < 4.78 is 0. The third-order valence-electron chi connectivity index (χ3n) is 4.13. The van der Waals surface area contributed by atoms with Crippen LogP contribution in [0.5, 0.6) is 0 Å². The molecule has 116 valence electrons. The second-order valence-corrected chi connectivity index (χ2v) is 5.88. The van der Waals surface area contributed by atoms with E-state index in [-0.39, 0.29) is 0 Å². The van der Waals surface area contributed by atoms with Gasteiger partial charge in [-0.25, -0.2) is 0 Å². The van der Waals surface area contributed by atoms with Crippen LogP contribution < -0.4 is 0 Å². The summed E-state index contributed by atoms with van der Waals surface area (Å²) in [7, 11) is 0. The highest BCUT2D eigenvalue weighted by Gasteiger charge is 2.12. The maximum absolute atomic E-state index is 2.58. The van der Waals surface area contributed by atoms with Crippen molar-refractivity contribution < 1.29 is 0 Å². The highest BCUT2D eigenvalue weighted by molar-refractivity contribution is 4.68. The molecule has 0 N–H and O–H groups in total. The molecule has 0 heterocycles. The Morgan fingerprint density at radius 3 is 1.16 bits per heavy atom. The lowest BCUT2D eigenvalue weighted by atomic mass is 10.3. The molecule has 0 rings (SSSR count). The lowest BCUT2D eigenvalue weighted by Crippen LogP contribution is -2.42. The van der Waals surface area contributed by atoms with Gasteiger partial charge in [-0.1, -0.05) is 20.8 Å². The third kappa shape index (κ3) is 7.91. The molecule has 19 heavy (non-hydrogen) atoms. The first-order chi connectivity index (χ1) is 8.96. The molecule has 3 nitrogen and oxygen atoms in total. The number of hydrogen-bond donors (Lipinski definition) is 0. The Bertz CT molecular complexity index is 184. The van der Waals surface area contributed by atoms with E-state index in [1.54, 1.807) is 0 Å². The van der Waals surface area contributed by atoms with E-state index >= 15 is 0 Å². The molecule has 0 aliphatic heterocycles. The number of rotatable bonds is 11. The molecule has 0 aliphatic carbocycles. The van der Waals surface area contributed by atoms with E-state index in [2.05, 4.69) is 63.2 Å². The number of likely N-dealkylation sites (N-methyl/N-ethyl adjacent to an activating group) is 3. The SMILES string of the molecule is CCN(CCN(CC)C(C)C)CCN(CC)C(C)C. The summed E-state index contributed by atoms with van der Waals surface area (Å²) in [6.07, 6.45) is 0. The van der Waals surface area contributed by atoms with Crippen molar-refractivity contribution in [3.63, 3.8) is 0 Å². The quantitative estimate of drug-likeness (QED) is 0.572. The minimum Gasteiger partial charge on any atom is -0.301 e. The molecule has 0 atom stereocenters. The second kappa shape index (κ2) is 10.6. The smallest absolute Gasteiger partial charge is 0.0112 e. The molecule has 0 spiro atoms. The Morgan fingerprint density at radius 2 is 0.947 bits per heavy atom. The first kappa shape index (κ1) is 18.9. The van der Waals surface area contributed by atoms with Crippen molar-refractivity contribution in [2.24, 2.45) is 0 Å². The maximum atomic E-state index is 2.58. The predicted octanol–water partition coefficient (Wildman–Crippen LogP) is 2.77. The van der Waals surface area contributed by atoms with Gasteiger partial charge in [-0.05, 0) is 47.3 Å². The van der Waals surface area contributed by atoms with Crippen LogP contribution in [0.25, 0.3) is 0 Å². The van der Waals surface area contributed by atoms with Gasteiger partial charge in [0.15, 0.2) is 0 Å². The number of hydrogen-bond acceptors (Lipinski definition) is 3. The van der Waals surface area contributed by atoms with Gasteiger partial charge in [0.1, 0.15) is 0 Å². The van der Waals surface area contributed by atoms with Gasteiger partial charge in [0.25, 0.3) is 0 Å². The lowest BCUT2D eigenvalue weighted by molar-refractivity contribution is 0.157. The van der Waals surface area contributed by atoms with Gasteiger partial charge in [0.05, 0.1) is 0 Å². The van der Waals surface area contributed by atoms with Crippen molar-refractivity contribution in [3.05, 3.63) is 0 Å². The number of nitrogens with zero attached hydrogens (tertiary/aromatic N) is 3. The highest BCUT2D eigenvalue weighted by atomic mass is 15.2. The summed E-state index contributed by atoms with van der Waals surface area (Å²) in [5.41, 5.74) is 0. The molecule has 0 aromatic heterocycles. The van der Waals surface area contributed by atoms with Crippen molar-refractivity contribution in [3.8, 4) is 0 Å². The van der Waals surface area contributed by atoms with E-state index < -0.39 is 0 Å². The van der Waals surface area contributed by atoms with Crippen LogP contribution in [-0.4, -0.2) is 72.6 Å². The molecule has 0 radical (unpaired) electrons. The van der Waals surface area contributed by atoms with Gasteiger partial charge in [0.2, 0.25) is 0 Å². The fraction of sp³-hybridized carbons (Fsp3) is 1.00. The molecule has 0 saturated heterocycles. The van der Waals surface area contributed by atoms with Gasteiger partial charge in [0, 0.05) is 38.3 Å². The molecule has 0 aliphatic rings. The molecule has 0 bridgehead atoms. The van der Waals surface area contributed by atoms with Crippen molar-refractivity contribution in [2.45, 2.75) is 60.5 Å². The molecule has 0 fully saturated rings. The molecule has 0 amide bonds. The van der Waals surface area contributed by atoms with Gasteiger partial charge >= 0.3 is 0 Å². The Labute approximate surface area is 121 Å². The minimum absolute atomic E-state index is 0.659. The van der Waals surface area contributed by atoms with Crippen LogP contribution in [0.2, 0.25) is 0 Å². The van der Waals surface area contributed by atoms with E-state index in [9.17, 15) is 0 Å². The van der Waals surface area contributed by atoms with Gasteiger partial charge < -0.3 is 4.90 Å². The summed E-state index contributed by atoms with van der Waals surface area (Å²) in [5, 5.41) is 0. The van der Waals surface area contributed by atoms with Crippen molar-refractivity contribution in [1.29, 1.82) is 0 Å². The van der Waals surface area contributed by atoms with Crippen LogP contribution in [0.4, 0.5) is 0 Å². The maximum Gasteiger partial charge on any atom is 0.0112 e. The van der Waals surface area contributed by atoms with E-state index in [1.807, 2.05) is 0 Å². The molecule has 0 saturated carbocycles. The van der Waals surface area contributed by atoms with Crippen LogP contribution in [-0.2, 0) is 0 Å². The average Bonchev–Trinajstić information content (AvgIpc) is 2.36. The fourth-order valence-corrected chi connectivity index (χ4v) is 2.53. The Balaban J connectivity index is 4.07. The topological polar surface area (TPSA) is 9.72 Å². The van der Waals surface area contributed by atoms with Crippen molar-refractivity contribution in [2.75, 3.05) is 45.8 Å². The fourth-order valence-electron chi connectivity index (χ4n) is 2.53. The molecular weight excluding hydrogens is 234 g/mol. The van der Waals surface area contributed by atoms with Gasteiger partial charge in [-0.3, -0.25) is 9.80 Å².